The van der Waals surface area contributed by atoms with E-state index >= 15 is 0 Å². The third-order valence-electron chi connectivity index (χ3n) is 5.36. The first-order valence-corrected chi connectivity index (χ1v) is 9.88. The normalized spacial score (nSPS) is 18.6. The summed E-state index contributed by atoms with van der Waals surface area (Å²) < 4.78 is 16.4. The highest BCUT2D eigenvalue weighted by molar-refractivity contribution is 14.0. The van der Waals surface area contributed by atoms with E-state index in [0.717, 1.165) is 55.9 Å². The number of rotatable bonds is 7. The molecule has 29 heavy (non-hydrogen) atoms. The molecule has 0 aromatic heterocycles. The maximum atomic E-state index is 5.55. The highest BCUT2D eigenvalue weighted by Gasteiger charge is 2.24. The van der Waals surface area contributed by atoms with Crippen LogP contribution in [0, 0.1) is 6.92 Å². The molecule has 8 heteroatoms. The van der Waals surface area contributed by atoms with Crippen LogP contribution in [0.3, 0.4) is 0 Å². The SMILES string of the molecule is CN=C(NCC(C)N1CCOCC1C)N(C)Cc1cc(OC)c(OC)cc1C.I. The number of aliphatic imine (C=N–C) groups is 1. The van der Waals surface area contributed by atoms with Crippen LogP contribution in [-0.2, 0) is 11.3 Å². The summed E-state index contributed by atoms with van der Waals surface area (Å²) in [6.07, 6.45) is 0. The number of nitrogens with zero attached hydrogens (tertiary/aromatic N) is 3. The van der Waals surface area contributed by atoms with E-state index in [-0.39, 0.29) is 24.0 Å². The minimum absolute atomic E-state index is 0. The molecule has 1 heterocycles. The lowest BCUT2D eigenvalue weighted by Gasteiger charge is -2.38. The van der Waals surface area contributed by atoms with Crippen LogP contribution in [-0.4, -0.2) is 82.5 Å². The Balaban J connectivity index is 0.00000420. The van der Waals surface area contributed by atoms with Gasteiger partial charge in [-0.1, -0.05) is 0 Å². The lowest BCUT2D eigenvalue weighted by atomic mass is 10.1. The molecule has 1 aromatic carbocycles. The fourth-order valence-corrected chi connectivity index (χ4v) is 3.66. The number of benzene rings is 1. The minimum Gasteiger partial charge on any atom is -0.493 e. The number of hydrogen-bond donors (Lipinski definition) is 1. The number of halogens is 1. The van der Waals surface area contributed by atoms with Crippen molar-refractivity contribution in [2.75, 3.05) is 54.6 Å². The van der Waals surface area contributed by atoms with Gasteiger partial charge in [0, 0.05) is 45.8 Å². The van der Waals surface area contributed by atoms with Gasteiger partial charge in [0.2, 0.25) is 0 Å². The molecule has 1 N–H and O–H groups in total. The molecule has 2 atom stereocenters. The smallest absolute Gasteiger partial charge is 0.193 e. The fraction of sp³-hybridized carbons (Fsp3) is 0.667. The summed E-state index contributed by atoms with van der Waals surface area (Å²) >= 11 is 0. The minimum atomic E-state index is 0. The maximum Gasteiger partial charge on any atom is 0.193 e. The Bertz CT molecular complexity index is 672. The Hall–Kier alpha value is -1.26. The first-order chi connectivity index (χ1) is 13.4. The Morgan fingerprint density at radius 1 is 1.34 bits per heavy atom. The van der Waals surface area contributed by atoms with Gasteiger partial charge in [-0.3, -0.25) is 9.89 Å². The standard InChI is InChI=1S/C21H36N4O3.HI/c1-15-10-19(26-6)20(27-7)11-18(15)13-24(5)21(22-4)23-12-16(2)25-8-9-28-14-17(25)3;/h10-11,16-17H,8-9,12-14H2,1-7H3,(H,22,23);1H. The molecule has 7 nitrogen and oxygen atoms in total. The zero-order valence-electron chi connectivity index (χ0n) is 18.8. The van der Waals surface area contributed by atoms with Gasteiger partial charge in [0.05, 0.1) is 27.4 Å². The molecular formula is C21H37IN4O3. The van der Waals surface area contributed by atoms with Gasteiger partial charge in [0.25, 0.3) is 0 Å². The first-order valence-electron chi connectivity index (χ1n) is 9.88. The molecule has 1 aliphatic rings. The summed E-state index contributed by atoms with van der Waals surface area (Å²) in [4.78, 5) is 9.08. The van der Waals surface area contributed by atoms with E-state index in [1.54, 1.807) is 14.2 Å². The predicted octanol–water partition coefficient (Wildman–Crippen LogP) is 2.75. The summed E-state index contributed by atoms with van der Waals surface area (Å²) in [5.74, 6) is 2.37. The average molecular weight is 520 g/mol. The van der Waals surface area contributed by atoms with Gasteiger partial charge in [0.15, 0.2) is 17.5 Å². The van der Waals surface area contributed by atoms with Crippen LogP contribution in [0.5, 0.6) is 11.5 Å². The highest BCUT2D eigenvalue weighted by Crippen LogP contribution is 2.30. The van der Waals surface area contributed by atoms with Gasteiger partial charge >= 0.3 is 0 Å². The van der Waals surface area contributed by atoms with Crippen molar-refractivity contribution in [3.63, 3.8) is 0 Å². The lowest BCUT2D eigenvalue weighted by molar-refractivity contribution is -0.0175. The van der Waals surface area contributed by atoms with E-state index < -0.39 is 0 Å². The van der Waals surface area contributed by atoms with Crippen molar-refractivity contribution in [2.24, 2.45) is 4.99 Å². The Labute approximate surface area is 192 Å². The van der Waals surface area contributed by atoms with Gasteiger partial charge < -0.3 is 24.4 Å². The summed E-state index contributed by atoms with van der Waals surface area (Å²) in [5, 5.41) is 3.52. The molecule has 2 unspecified atom stereocenters. The van der Waals surface area contributed by atoms with Crippen LogP contribution in [0.15, 0.2) is 17.1 Å². The van der Waals surface area contributed by atoms with Crippen molar-refractivity contribution in [3.8, 4) is 11.5 Å². The molecule has 2 rings (SSSR count). The van der Waals surface area contributed by atoms with Crippen molar-refractivity contribution in [1.29, 1.82) is 0 Å². The summed E-state index contributed by atoms with van der Waals surface area (Å²) in [6, 6.07) is 4.90. The van der Waals surface area contributed by atoms with Crippen LogP contribution < -0.4 is 14.8 Å². The average Bonchev–Trinajstić information content (AvgIpc) is 2.69. The summed E-state index contributed by atoms with van der Waals surface area (Å²) in [5.41, 5.74) is 2.34. The van der Waals surface area contributed by atoms with Crippen LogP contribution >= 0.6 is 24.0 Å². The molecule has 0 saturated carbocycles. The Morgan fingerprint density at radius 2 is 2.00 bits per heavy atom. The number of ether oxygens (including phenoxy) is 3. The largest absolute Gasteiger partial charge is 0.493 e. The number of aryl methyl sites for hydroxylation is 1. The van der Waals surface area contributed by atoms with Gasteiger partial charge in [0.1, 0.15) is 0 Å². The van der Waals surface area contributed by atoms with Crippen molar-refractivity contribution < 1.29 is 14.2 Å². The summed E-state index contributed by atoms with van der Waals surface area (Å²) in [7, 11) is 7.19. The Morgan fingerprint density at radius 3 is 2.59 bits per heavy atom. The number of guanidine groups is 1. The second-order valence-corrected chi connectivity index (χ2v) is 7.43. The van der Waals surface area contributed by atoms with E-state index in [4.69, 9.17) is 14.2 Å². The fourth-order valence-electron chi connectivity index (χ4n) is 3.66. The molecular weight excluding hydrogens is 483 g/mol. The molecule has 1 fully saturated rings. The van der Waals surface area contributed by atoms with Crippen LogP contribution in [0.2, 0.25) is 0 Å². The van der Waals surface area contributed by atoms with Gasteiger partial charge in [-0.05, 0) is 44.0 Å². The molecule has 0 radical (unpaired) electrons. The molecule has 0 bridgehead atoms. The zero-order valence-corrected chi connectivity index (χ0v) is 21.1. The van der Waals surface area contributed by atoms with Crippen LogP contribution in [0.25, 0.3) is 0 Å². The number of nitrogens with one attached hydrogen (secondary N) is 1. The van der Waals surface area contributed by atoms with Gasteiger partial charge in [-0.2, -0.15) is 0 Å². The van der Waals surface area contributed by atoms with E-state index in [1.165, 1.54) is 5.56 Å². The number of methoxy groups -OCH3 is 2. The summed E-state index contributed by atoms with van der Waals surface area (Å²) in [6.45, 7) is 10.7. The van der Waals surface area contributed by atoms with E-state index in [0.29, 0.717) is 12.1 Å². The first kappa shape index (κ1) is 25.8. The molecule has 1 aliphatic heterocycles. The van der Waals surface area contributed by atoms with Crippen molar-refractivity contribution in [3.05, 3.63) is 23.3 Å². The topological polar surface area (TPSA) is 58.6 Å². The van der Waals surface area contributed by atoms with Crippen LogP contribution in [0.1, 0.15) is 25.0 Å². The third-order valence-corrected chi connectivity index (χ3v) is 5.36. The molecule has 166 valence electrons. The number of morpholine rings is 1. The Kier molecular flexibility index (Phi) is 11.1. The number of hydrogen-bond acceptors (Lipinski definition) is 5. The van der Waals surface area contributed by atoms with Crippen LogP contribution in [0.4, 0.5) is 0 Å². The third kappa shape index (κ3) is 6.89. The maximum absolute atomic E-state index is 5.55. The molecule has 1 saturated heterocycles. The predicted molar refractivity (Wildman–Crippen MR) is 129 cm³/mol. The molecule has 0 spiro atoms. The highest BCUT2D eigenvalue weighted by atomic mass is 127. The second-order valence-electron chi connectivity index (χ2n) is 7.43. The van der Waals surface area contributed by atoms with Crippen molar-refractivity contribution >= 4 is 29.9 Å². The molecule has 0 aliphatic carbocycles. The van der Waals surface area contributed by atoms with E-state index in [2.05, 4.69) is 40.9 Å². The van der Waals surface area contributed by atoms with Crippen molar-refractivity contribution in [1.82, 2.24) is 15.1 Å². The van der Waals surface area contributed by atoms with Gasteiger partial charge in [-0.15, -0.1) is 24.0 Å². The zero-order chi connectivity index (χ0) is 20.7. The van der Waals surface area contributed by atoms with E-state index in [9.17, 15) is 0 Å². The molecule has 0 amide bonds. The van der Waals surface area contributed by atoms with E-state index in [1.807, 2.05) is 26.2 Å². The second kappa shape index (κ2) is 12.4. The molecule has 1 aromatic rings. The van der Waals surface area contributed by atoms with Gasteiger partial charge in [-0.25, -0.2) is 0 Å². The quantitative estimate of drug-likeness (QED) is 0.339. The van der Waals surface area contributed by atoms with Crippen molar-refractivity contribution in [2.45, 2.75) is 39.4 Å². The monoisotopic (exact) mass is 520 g/mol. The lowest BCUT2D eigenvalue weighted by Crippen LogP contribution is -2.53.